The zero-order chi connectivity index (χ0) is 16.7. The van der Waals surface area contributed by atoms with Crippen molar-refractivity contribution >= 4 is 0 Å². The molecule has 2 aromatic rings. The predicted octanol–water partition coefficient (Wildman–Crippen LogP) is 3.77. The van der Waals surface area contributed by atoms with Gasteiger partial charge in [-0.3, -0.25) is 0 Å². The minimum atomic E-state index is -2.93. The number of hydrogen-bond acceptors (Lipinski definition) is 3. The fraction of sp³-hybridized carbons (Fsp3) is 0.294. The zero-order valence-electron chi connectivity index (χ0n) is 12.7. The Bertz CT molecular complexity index is 635. The van der Waals surface area contributed by atoms with Crippen molar-refractivity contribution < 1.29 is 22.6 Å². The van der Waals surface area contributed by atoms with Crippen LogP contribution in [0.25, 0.3) is 0 Å². The highest BCUT2D eigenvalue weighted by Gasteiger charge is 2.14. The molecular formula is C17H18F3NO2. The van der Waals surface area contributed by atoms with Gasteiger partial charge in [0.15, 0.2) is 11.5 Å². The molecule has 2 aromatic carbocycles. The first kappa shape index (κ1) is 17.1. The Morgan fingerprint density at radius 2 is 1.78 bits per heavy atom. The van der Waals surface area contributed by atoms with Crippen LogP contribution < -0.4 is 14.8 Å². The number of hydrogen-bond donors (Lipinski definition) is 1. The standard InChI is InChI=1S/C17H18F3NO2/c1-22-15-8-4-6-13(16(15)23-17(19)20)11-21-10-9-12-5-2-3-7-14(12)18/h2-8,17,21H,9-11H2,1H3. The minimum Gasteiger partial charge on any atom is -0.493 e. The number of methoxy groups -OCH3 is 1. The van der Waals surface area contributed by atoms with Crippen molar-refractivity contribution in [2.45, 2.75) is 19.6 Å². The third-order valence-electron chi connectivity index (χ3n) is 3.33. The summed E-state index contributed by atoms with van der Waals surface area (Å²) in [5, 5.41) is 3.10. The molecule has 0 radical (unpaired) electrons. The maximum Gasteiger partial charge on any atom is 0.387 e. The summed E-state index contributed by atoms with van der Waals surface area (Å²) in [7, 11) is 1.39. The van der Waals surface area contributed by atoms with Crippen molar-refractivity contribution in [1.82, 2.24) is 5.32 Å². The fourth-order valence-corrected chi connectivity index (χ4v) is 2.23. The molecule has 0 aliphatic rings. The van der Waals surface area contributed by atoms with Crippen molar-refractivity contribution in [2.24, 2.45) is 0 Å². The van der Waals surface area contributed by atoms with Crippen molar-refractivity contribution in [3.63, 3.8) is 0 Å². The average Bonchev–Trinajstić information content (AvgIpc) is 2.53. The smallest absolute Gasteiger partial charge is 0.387 e. The summed E-state index contributed by atoms with van der Waals surface area (Å²) in [4.78, 5) is 0. The van der Waals surface area contributed by atoms with Crippen LogP contribution in [-0.4, -0.2) is 20.3 Å². The molecule has 0 aliphatic carbocycles. The van der Waals surface area contributed by atoms with E-state index in [1.807, 2.05) is 0 Å². The first-order valence-electron chi connectivity index (χ1n) is 7.16. The maximum absolute atomic E-state index is 13.5. The molecule has 1 N–H and O–H groups in total. The largest absolute Gasteiger partial charge is 0.493 e. The lowest BCUT2D eigenvalue weighted by atomic mass is 10.1. The number of halogens is 3. The molecular weight excluding hydrogens is 307 g/mol. The normalized spacial score (nSPS) is 10.8. The van der Waals surface area contributed by atoms with Gasteiger partial charge in [0.2, 0.25) is 0 Å². The first-order valence-corrected chi connectivity index (χ1v) is 7.16. The van der Waals surface area contributed by atoms with Gasteiger partial charge in [-0.1, -0.05) is 30.3 Å². The van der Waals surface area contributed by atoms with Gasteiger partial charge in [0.05, 0.1) is 7.11 Å². The van der Waals surface area contributed by atoms with Crippen molar-refractivity contribution in [3.8, 4) is 11.5 Å². The Kier molecular flexibility index (Phi) is 6.29. The molecule has 0 saturated heterocycles. The molecule has 23 heavy (non-hydrogen) atoms. The van der Waals surface area contributed by atoms with E-state index in [2.05, 4.69) is 10.1 Å². The van der Waals surface area contributed by atoms with E-state index in [4.69, 9.17) is 4.74 Å². The maximum atomic E-state index is 13.5. The Labute approximate surface area is 133 Å². The van der Waals surface area contributed by atoms with Crippen LogP contribution in [0, 0.1) is 5.82 Å². The van der Waals surface area contributed by atoms with Gasteiger partial charge in [0, 0.05) is 12.1 Å². The van der Waals surface area contributed by atoms with Gasteiger partial charge < -0.3 is 14.8 Å². The van der Waals surface area contributed by atoms with E-state index < -0.39 is 6.61 Å². The van der Waals surface area contributed by atoms with Crippen LogP contribution in [0.4, 0.5) is 13.2 Å². The molecule has 0 amide bonds. The summed E-state index contributed by atoms with van der Waals surface area (Å²) in [6.07, 6.45) is 0.502. The summed E-state index contributed by atoms with van der Waals surface area (Å²) >= 11 is 0. The molecule has 0 unspecified atom stereocenters. The summed E-state index contributed by atoms with van der Waals surface area (Å²) in [6, 6.07) is 11.5. The van der Waals surface area contributed by atoms with Gasteiger partial charge >= 0.3 is 6.61 Å². The van der Waals surface area contributed by atoms with Crippen LogP contribution in [0.1, 0.15) is 11.1 Å². The van der Waals surface area contributed by atoms with E-state index in [1.165, 1.54) is 13.2 Å². The average molecular weight is 325 g/mol. The quantitative estimate of drug-likeness (QED) is 0.750. The van der Waals surface area contributed by atoms with Gasteiger partial charge in [-0.2, -0.15) is 8.78 Å². The Morgan fingerprint density at radius 1 is 1.04 bits per heavy atom. The SMILES string of the molecule is COc1cccc(CNCCc2ccccc2F)c1OC(F)F. The minimum absolute atomic E-state index is 0.0170. The molecule has 3 nitrogen and oxygen atoms in total. The van der Waals surface area contributed by atoms with E-state index in [9.17, 15) is 13.2 Å². The number of rotatable bonds is 8. The highest BCUT2D eigenvalue weighted by molar-refractivity contribution is 5.46. The van der Waals surface area contributed by atoms with E-state index in [1.54, 1.807) is 36.4 Å². The lowest BCUT2D eigenvalue weighted by Crippen LogP contribution is -2.18. The summed E-state index contributed by atoms with van der Waals surface area (Å²) < 4.78 is 48.1. The van der Waals surface area contributed by atoms with Gasteiger partial charge in [-0.25, -0.2) is 4.39 Å². The molecule has 6 heteroatoms. The number of para-hydroxylation sites is 1. The molecule has 0 bridgehead atoms. The van der Waals surface area contributed by atoms with Crippen LogP contribution in [0.3, 0.4) is 0 Å². The Morgan fingerprint density at radius 3 is 2.48 bits per heavy atom. The molecule has 0 spiro atoms. The fourth-order valence-electron chi connectivity index (χ4n) is 2.23. The van der Waals surface area contributed by atoms with Crippen LogP contribution in [0.5, 0.6) is 11.5 Å². The molecule has 0 fully saturated rings. The summed E-state index contributed by atoms with van der Waals surface area (Å²) in [5.41, 5.74) is 1.16. The number of ether oxygens (including phenoxy) is 2. The molecule has 124 valence electrons. The van der Waals surface area contributed by atoms with E-state index in [-0.39, 0.29) is 17.3 Å². The second-order valence-corrected chi connectivity index (χ2v) is 4.85. The van der Waals surface area contributed by atoms with Crippen LogP contribution in [-0.2, 0) is 13.0 Å². The topological polar surface area (TPSA) is 30.5 Å². The van der Waals surface area contributed by atoms with Crippen molar-refractivity contribution in [3.05, 3.63) is 59.4 Å². The van der Waals surface area contributed by atoms with E-state index in [0.29, 0.717) is 30.6 Å². The first-order chi connectivity index (χ1) is 11.1. The third-order valence-corrected chi connectivity index (χ3v) is 3.33. The summed E-state index contributed by atoms with van der Waals surface area (Å²) in [6.45, 7) is -2.11. The lowest BCUT2D eigenvalue weighted by Gasteiger charge is -2.15. The van der Waals surface area contributed by atoms with Crippen molar-refractivity contribution in [1.29, 1.82) is 0 Å². The third kappa shape index (κ3) is 4.89. The number of nitrogens with one attached hydrogen (secondary N) is 1. The molecule has 0 aliphatic heterocycles. The molecule has 0 saturated carbocycles. The lowest BCUT2D eigenvalue weighted by molar-refractivity contribution is -0.0518. The van der Waals surface area contributed by atoms with Gasteiger partial charge in [-0.05, 0) is 30.7 Å². The second kappa shape index (κ2) is 8.43. The van der Waals surface area contributed by atoms with Gasteiger partial charge in [0.25, 0.3) is 0 Å². The Balaban J connectivity index is 1.96. The molecule has 0 atom stereocenters. The van der Waals surface area contributed by atoms with Crippen LogP contribution >= 0.6 is 0 Å². The second-order valence-electron chi connectivity index (χ2n) is 4.85. The zero-order valence-corrected chi connectivity index (χ0v) is 12.7. The van der Waals surface area contributed by atoms with Gasteiger partial charge in [-0.15, -0.1) is 0 Å². The van der Waals surface area contributed by atoms with E-state index in [0.717, 1.165) is 0 Å². The highest BCUT2D eigenvalue weighted by atomic mass is 19.3. The highest BCUT2D eigenvalue weighted by Crippen LogP contribution is 2.32. The predicted molar refractivity (Wildman–Crippen MR) is 81.4 cm³/mol. The summed E-state index contributed by atoms with van der Waals surface area (Å²) in [5.74, 6) is 0.0134. The molecule has 0 heterocycles. The van der Waals surface area contributed by atoms with E-state index >= 15 is 0 Å². The number of benzene rings is 2. The molecule has 0 aromatic heterocycles. The molecule has 2 rings (SSSR count). The van der Waals surface area contributed by atoms with Crippen LogP contribution in [0.15, 0.2) is 42.5 Å². The number of alkyl halides is 2. The van der Waals surface area contributed by atoms with Crippen molar-refractivity contribution in [2.75, 3.05) is 13.7 Å². The van der Waals surface area contributed by atoms with Gasteiger partial charge in [0.1, 0.15) is 5.82 Å². The monoisotopic (exact) mass is 325 g/mol. The Hall–Kier alpha value is -2.21. The van der Waals surface area contributed by atoms with Crippen LogP contribution in [0.2, 0.25) is 0 Å².